The van der Waals surface area contributed by atoms with E-state index in [0.717, 1.165) is 17.3 Å². The molecule has 28 heavy (non-hydrogen) atoms. The topological polar surface area (TPSA) is 95.1 Å². The number of benzene rings is 2. The van der Waals surface area contributed by atoms with Crippen LogP contribution in [-0.4, -0.2) is 33.6 Å². The summed E-state index contributed by atoms with van der Waals surface area (Å²) >= 11 is 13.5. The summed E-state index contributed by atoms with van der Waals surface area (Å²) in [7, 11) is 1.57. The van der Waals surface area contributed by atoms with Crippen molar-refractivity contribution < 1.29 is 9.53 Å². The molecular formula is C18H17Cl2N5O2S. The first-order valence-electron chi connectivity index (χ1n) is 8.13. The number of nitrogen functional groups attached to an aromatic ring is 1. The summed E-state index contributed by atoms with van der Waals surface area (Å²) in [4.78, 5) is 12.3. The lowest BCUT2D eigenvalue weighted by molar-refractivity contribution is -0.113. The number of rotatable bonds is 6. The van der Waals surface area contributed by atoms with Gasteiger partial charge >= 0.3 is 0 Å². The van der Waals surface area contributed by atoms with Crippen molar-refractivity contribution in [3.63, 3.8) is 0 Å². The van der Waals surface area contributed by atoms with Crippen LogP contribution in [0, 0.1) is 6.92 Å². The van der Waals surface area contributed by atoms with Gasteiger partial charge < -0.3 is 15.9 Å². The first kappa shape index (κ1) is 20.3. The molecule has 0 aliphatic heterocycles. The average Bonchev–Trinajstić information content (AvgIpc) is 3.06. The number of halogens is 2. The molecule has 0 saturated heterocycles. The van der Waals surface area contributed by atoms with Crippen LogP contribution in [0.15, 0.2) is 41.6 Å². The Morgan fingerprint density at radius 1 is 1.25 bits per heavy atom. The van der Waals surface area contributed by atoms with Gasteiger partial charge in [0.05, 0.1) is 34.2 Å². The third-order valence-corrected chi connectivity index (χ3v) is 5.64. The lowest BCUT2D eigenvalue weighted by atomic mass is 10.2. The molecule has 0 saturated carbocycles. The fourth-order valence-corrected chi connectivity index (χ4v) is 3.59. The van der Waals surface area contributed by atoms with Gasteiger partial charge in [-0.1, -0.05) is 53.2 Å². The second kappa shape index (κ2) is 8.72. The van der Waals surface area contributed by atoms with Crippen molar-refractivity contribution >= 4 is 46.6 Å². The van der Waals surface area contributed by atoms with Crippen LogP contribution in [0.4, 0.5) is 5.69 Å². The maximum absolute atomic E-state index is 12.3. The number of amides is 1. The zero-order valence-electron chi connectivity index (χ0n) is 15.1. The fourth-order valence-electron chi connectivity index (χ4n) is 2.47. The maximum atomic E-state index is 12.3. The molecule has 0 unspecified atom stereocenters. The minimum Gasteiger partial charge on any atom is -0.496 e. The van der Waals surface area contributed by atoms with E-state index >= 15 is 0 Å². The summed E-state index contributed by atoms with van der Waals surface area (Å²) in [6.07, 6.45) is 0. The van der Waals surface area contributed by atoms with Crippen LogP contribution < -0.4 is 15.9 Å². The zero-order chi connectivity index (χ0) is 20.3. The van der Waals surface area contributed by atoms with E-state index in [-0.39, 0.29) is 11.7 Å². The van der Waals surface area contributed by atoms with Crippen molar-refractivity contribution in [2.24, 2.45) is 0 Å². The zero-order valence-corrected chi connectivity index (χ0v) is 17.4. The second-order valence-corrected chi connectivity index (χ2v) is 7.49. The van der Waals surface area contributed by atoms with Gasteiger partial charge in [0.25, 0.3) is 0 Å². The largest absolute Gasteiger partial charge is 0.496 e. The number of para-hydroxylation sites is 1. The molecule has 146 valence electrons. The number of aryl methyl sites for hydroxylation is 1. The number of ether oxygens (including phenoxy) is 1. The average molecular weight is 438 g/mol. The first-order valence-corrected chi connectivity index (χ1v) is 9.87. The second-order valence-electron chi connectivity index (χ2n) is 5.77. The van der Waals surface area contributed by atoms with Gasteiger partial charge in [0.1, 0.15) is 5.75 Å². The number of carbonyl (C=O) groups is 1. The van der Waals surface area contributed by atoms with Crippen LogP contribution in [-0.2, 0) is 4.79 Å². The Morgan fingerprint density at radius 2 is 2.00 bits per heavy atom. The fraction of sp³-hybridized carbons (Fsp3) is 0.167. The molecule has 0 aliphatic carbocycles. The number of methoxy groups -OCH3 is 1. The molecule has 7 nitrogen and oxygen atoms in total. The molecule has 3 N–H and O–H groups in total. The van der Waals surface area contributed by atoms with E-state index in [2.05, 4.69) is 15.5 Å². The van der Waals surface area contributed by atoms with Crippen LogP contribution in [0.5, 0.6) is 5.75 Å². The van der Waals surface area contributed by atoms with Gasteiger partial charge in [-0.05, 0) is 30.7 Å². The highest BCUT2D eigenvalue weighted by Gasteiger charge is 2.17. The SMILES string of the molecule is COc1ccccc1-c1nnc(SCC(=O)Nc2c(Cl)ccc(C)c2Cl)n1N. The molecule has 0 fully saturated rings. The first-order chi connectivity index (χ1) is 13.4. The van der Waals surface area contributed by atoms with Crippen molar-refractivity contribution in [1.82, 2.24) is 14.9 Å². The standard InChI is InChI=1S/C18H17Cl2N5O2S/c1-10-7-8-12(19)16(15(10)20)22-14(26)9-28-18-24-23-17(25(18)21)11-5-3-4-6-13(11)27-2/h3-8H,9,21H2,1-2H3,(H,22,26). The predicted molar refractivity (Wildman–Crippen MR) is 113 cm³/mol. The van der Waals surface area contributed by atoms with Gasteiger partial charge in [0, 0.05) is 0 Å². The van der Waals surface area contributed by atoms with Crippen molar-refractivity contribution in [3.05, 3.63) is 52.0 Å². The molecule has 0 bridgehead atoms. The van der Waals surface area contributed by atoms with Crippen molar-refractivity contribution in [2.75, 3.05) is 24.0 Å². The Hall–Kier alpha value is -2.42. The highest BCUT2D eigenvalue weighted by atomic mass is 35.5. The molecular weight excluding hydrogens is 421 g/mol. The predicted octanol–water partition coefficient (Wildman–Crippen LogP) is 4.01. The third-order valence-electron chi connectivity index (χ3n) is 3.89. The number of thioether (sulfide) groups is 1. The Kier molecular flexibility index (Phi) is 6.33. The summed E-state index contributed by atoms with van der Waals surface area (Å²) < 4.78 is 6.65. The van der Waals surface area contributed by atoms with Crippen molar-refractivity contribution in [2.45, 2.75) is 12.1 Å². The van der Waals surface area contributed by atoms with Crippen molar-refractivity contribution in [1.29, 1.82) is 0 Å². The van der Waals surface area contributed by atoms with Crippen LogP contribution in [0.1, 0.15) is 5.56 Å². The Bertz CT molecular complexity index is 1030. The minimum absolute atomic E-state index is 0.0574. The van der Waals surface area contributed by atoms with Gasteiger partial charge in [-0.3, -0.25) is 4.79 Å². The van der Waals surface area contributed by atoms with E-state index in [1.807, 2.05) is 25.1 Å². The third kappa shape index (κ3) is 4.19. The summed E-state index contributed by atoms with van der Waals surface area (Å²) in [5.74, 6) is 6.93. The van der Waals surface area contributed by atoms with Crippen molar-refractivity contribution in [3.8, 4) is 17.1 Å². The van der Waals surface area contributed by atoms with Gasteiger partial charge in [-0.25, -0.2) is 4.68 Å². The number of aromatic nitrogens is 3. The Morgan fingerprint density at radius 3 is 2.75 bits per heavy atom. The highest BCUT2D eigenvalue weighted by molar-refractivity contribution is 7.99. The molecule has 3 aromatic rings. The Labute approximate surface area is 176 Å². The van der Waals surface area contributed by atoms with E-state index in [1.165, 1.54) is 4.68 Å². The molecule has 2 aromatic carbocycles. The summed E-state index contributed by atoms with van der Waals surface area (Å²) in [6.45, 7) is 1.83. The summed E-state index contributed by atoms with van der Waals surface area (Å²) in [6, 6.07) is 10.8. The summed E-state index contributed by atoms with van der Waals surface area (Å²) in [5.41, 5.74) is 1.91. The van der Waals surface area contributed by atoms with E-state index in [4.69, 9.17) is 33.8 Å². The van der Waals surface area contributed by atoms with Crippen LogP contribution in [0.2, 0.25) is 10.0 Å². The van der Waals surface area contributed by atoms with Crippen LogP contribution in [0.3, 0.4) is 0 Å². The molecule has 0 spiro atoms. The van der Waals surface area contributed by atoms with Gasteiger partial charge in [0.15, 0.2) is 5.82 Å². The number of nitrogens with one attached hydrogen (secondary N) is 1. The molecule has 0 atom stereocenters. The molecule has 0 aliphatic rings. The molecule has 10 heteroatoms. The number of anilines is 1. The van der Waals surface area contributed by atoms with Crippen LogP contribution >= 0.6 is 35.0 Å². The van der Waals surface area contributed by atoms with E-state index in [0.29, 0.717) is 38.0 Å². The van der Waals surface area contributed by atoms with Gasteiger partial charge in [-0.15, -0.1) is 10.2 Å². The molecule has 1 amide bonds. The quantitative estimate of drug-likeness (QED) is 0.446. The monoisotopic (exact) mass is 437 g/mol. The number of nitrogens with zero attached hydrogens (tertiary/aromatic N) is 3. The van der Waals surface area contributed by atoms with Gasteiger partial charge in [0.2, 0.25) is 11.1 Å². The molecule has 1 heterocycles. The maximum Gasteiger partial charge on any atom is 0.234 e. The molecule has 0 radical (unpaired) electrons. The van der Waals surface area contributed by atoms with E-state index in [1.54, 1.807) is 25.3 Å². The summed E-state index contributed by atoms with van der Waals surface area (Å²) in [5, 5.41) is 12.1. The van der Waals surface area contributed by atoms with Crippen LogP contribution in [0.25, 0.3) is 11.4 Å². The smallest absolute Gasteiger partial charge is 0.234 e. The normalized spacial score (nSPS) is 10.7. The van der Waals surface area contributed by atoms with E-state index < -0.39 is 0 Å². The number of hydrogen-bond acceptors (Lipinski definition) is 6. The van der Waals surface area contributed by atoms with E-state index in [9.17, 15) is 4.79 Å². The number of hydrogen-bond donors (Lipinski definition) is 2. The molecule has 1 aromatic heterocycles. The molecule has 3 rings (SSSR count). The minimum atomic E-state index is -0.291. The number of carbonyl (C=O) groups excluding carboxylic acids is 1. The lowest BCUT2D eigenvalue weighted by Crippen LogP contribution is -2.17. The lowest BCUT2D eigenvalue weighted by Gasteiger charge is -2.11. The van der Waals surface area contributed by atoms with Gasteiger partial charge in [-0.2, -0.15) is 0 Å². The number of nitrogens with two attached hydrogens (primary N) is 1. The highest BCUT2D eigenvalue weighted by Crippen LogP contribution is 2.33. The Balaban J connectivity index is 1.72.